The van der Waals surface area contributed by atoms with Crippen LogP contribution in [0.15, 0.2) is 18.2 Å². The van der Waals surface area contributed by atoms with E-state index in [4.69, 9.17) is 4.74 Å². The van der Waals surface area contributed by atoms with Gasteiger partial charge in [-0.05, 0) is 39.7 Å². The molecule has 1 aliphatic rings. The van der Waals surface area contributed by atoms with Crippen LogP contribution in [-0.2, 0) is 4.74 Å². The number of aryl methyl sites for hydroxylation is 1. The second kappa shape index (κ2) is 5.92. The Labute approximate surface area is 126 Å². The highest BCUT2D eigenvalue weighted by atomic mass is 16.6. The van der Waals surface area contributed by atoms with E-state index < -0.39 is 5.60 Å². The number of amides is 1. The Bertz CT molecular complexity index is 515. The molecule has 5 nitrogen and oxygen atoms in total. The van der Waals surface area contributed by atoms with Crippen LogP contribution in [0, 0.1) is 12.1 Å². The fraction of sp³-hybridized carbons (Fsp3) is 0.625. The molecule has 0 atom stereocenters. The first kappa shape index (κ1) is 15.6. The largest absolute Gasteiger partial charge is 0.618 e. The first-order valence-corrected chi connectivity index (χ1v) is 7.45. The molecular formula is C16H24N2O3. The zero-order chi connectivity index (χ0) is 15.6. The van der Waals surface area contributed by atoms with E-state index in [1.54, 1.807) is 4.90 Å². The van der Waals surface area contributed by atoms with Crippen molar-refractivity contribution in [2.24, 2.45) is 0 Å². The molecule has 0 radical (unpaired) electrons. The molecule has 0 saturated carbocycles. The molecule has 0 unspecified atom stereocenters. The van der Waals surface area contributed by atoms with Gasteiger partial charge in [0.15, 0.2) is 11.4 Å². The normalized spacial score (nSPS) is 16.9. The molecular weight excluding hydrogens is 268 g/mol. The summed E-state index contributed by atoms with van der Waals surface area (Å²) in [6.45, 7) is 8.67. The molecule has 0 aliphatic carbocycles. The summed E-state index contributed by atoms with van der Waals surface area (Å²) >= 11 is 0. The lowest BCUT2D eigenvalue weighted by atomic mass is 9.93. The van der Waals surface area contributed by atoms with Gasteiger partial charge in [-0.1, -0.05) is 0 Å². The number of pyridine rings is 1. The lowest BCUT2D eigenvalue weighted by molar-refractivity contribution is -0.622. The summed E-state index contributed by atoms with van der Waals surface area (Å²) in [4.78, 5) is 13.7. The van der Waals surface area contributed by atoms with Crippen LogP contribution in [0.4, 0.5) is 4.79 Å². The molecule has 1 fully saturated rings. The molecule has 0 bridgehead atoms. The lowest BCUT2D eigenvalue weighted by Crippen LogP contribution is -2.44. The van der Waals surface area contributed by atoms with Gasteiger partial charge in [0.1, 0.15) is 5.60 Å². The van der Waals surface area contributed by atoms with Crippen molar-refractivity contribution in [3.8, 4) is 0 Å². The molecule has 1 amide bonds. The molecule has 1 saturated heterocycles. The number of aromatic nitrogens is 1. The number of ether oxygens (including phenoxy) is 1. The van der Waals surface area contributed by atoms with E-state index in [2.05, 4.69) is 0 Å². The Morgan fingerprint density at radius 3 is 2.52 bits per heavy atom. The number of likely N-dealkylation sites (tertiary alicyclic amines) is 1. The fourth-order valence-electron chi connectivity index (χ4n) is 2.61. The Morgan fingerprint density at radius 2 is 1.95 bits per heavy atom. The van der Waals surface area contributed by atoms with Gasteiger partial charge in [0, 0.05) is 38.1 Å². The number of carbonyl (C=O) groups is 1. The molecule has 1 aliphatic heterocycles. The zero-order valence-electron chi connectivity index (χ0n) is 13.3. The fourth-order valence-corrected chi connectivity index (χ4v) is 2.61. The molecule has 116 valence electrons. The standard InChI is InChI=1S/C16H24N2O3/c1-12-6-5-7-14(18(12)20)13-8-10-17(11-9-13)15(19)21-16(2,3)4/h5-7,13H,8-11H2,1-4H3. The van der Waals surface area contributed by atoms with Gasteiger partial charge in [0.05, 0.1) is 0 Å². The average molecular weight is 292 g/mol. The molecule has 2 heterocycles. The molecule has 0 spiro atoms. The van der Waals surface area contributed by atoms with Crippen LogP contribution in [-0.4, -0.2) is 29.7 Å². The topological polar surface area (TPSA) is 56.5 Å². The van der Waals surface area contributed by atoms with Crippen molar-refractivity contribution in [2.45, 2.75) is 52.1 Å². The predicted octanol–water partition coefficient (Wildman–Crippen LogP) is 2.74. The summed E-state index contributed by atoms with van der Waals surface area (Å²) in [6.07, 6.45) is 1.33. The summed E-state index contributed by atoms with van der Waals surface area (Å²) in [7, 11) is 0. The second-order valence-electron chi connectivity index (χ2n) is 6.63. The molecule has 5 heteroatoms. The van der Waals surface area contributed by atoms with Crippen molar-refractivity contribution < 1.29 is 14.3 Å². The van der Waals surface area contributed by atoms with Crippen LogP contribution in [0.2, 0.25) is 0 Å². The van der Waals surface area contributed by atoms with Gasteiger partial charge < -0.3 is 14.8 Å². The maximum absolute atomic E-state index is 12.1. The van der Waals surface area contributed by atoms with Gasteiger partial charge in [0.25, 0.3) is 0 Å². The smallest absolute Gasteiger partial charge is 0.410 e. The van der Waals surface area contributed by atoms with Crippen molar-refractivity contribution in [3.63, 3.8) is 0 Å². The molecule has 0 aromatic carbocycles. The number of piperidine rings is 1. The van der Waals surface area contributed by atoms with Crippen molar-refractivity contribution in [1.29, 1.82) is 0 Å². The minimum Gasteiger partial charge on any atom is -0.618 e. The third kappa shape index (κ3) is 3.86. The van der Waals surface area contributed by atoms with Gasteiger partial charge in [-0.25, -0.2) is 4.79 Å². The molecule has 2 rings (SSSR count). The van der Waals surface area contributed by atoms with Crippen molar-refractivity contribution in [1.82, 2.24) is 4.90 Å². The lowest BCUT2D eigenvalue weighted by Gasteiger charge is -2.32. The number of rotatable bonds is 1. The van der Waals surface area contributed by atoms with Gasteiger partial charge in [-0.2, -0.15) is 4.73 Å². The van der Waals surface area contributed by atoms with Crippen LogP contribution < -0.4 is 4.73 Å². The van der Waals surface area contributed by atoms with E-state index in [1.807, 2.05) is 45.9 Å². The molecule has 0 N–H and O–H groups in total. The summed E-state index contributed by atoms with van der Waals surface area (Å²) in [5.74, 6) is 0.209. The van der Waals surface area contributed by atoms with Gasteiger partial charge >= 0.3 is 6.09 Å². The third-order valence-corrected chi connectivity index (χ3v) is 3.72. The minimum atomic E-state index is -0.470. The molecule has 1 aromatic heterocycles. The predicted molar refractivity (Wildman–Crippen MR) is 79.9 cm³/mol. The molecule has 21 heavy (non-hydrogen) atoms. The highest BCUT2D eigenvalue weighted by Crippen LogP contribution is 2.26. The van der Waals surface area contributed by atoms with Gasteiger partial charge in [-0.15, -0.1) is 0 Å². The van der Waals surface area contributed by atoms with E-state index in [9.17, 15) is 10.0 Å². The maximum Gasteiger partial charge on any atom is 0.410 e. The Kier molecular flexibility index (Phi) is 4.40. The van der Waals surface area contributed by atoms with Crippen LogP contribution in [0.1, 0.15) is 50.9 Å². The average Bonchev–Trinajstić information content (AvgIpc) is 2.40. The zero-order valence-corrected chi connectivity index (χ0v) is 13.3. The van der Waals surface area contributed by atoms with E-state index in [1.165, 1.54) is 0 Å². The number of carbonyl (C=O) groups excluding carboxylic acids is 1. The first-order valence-electron chi connectivity index (χ1n) is 7.45. The first-order chi connectivity index (χ1) is 9.78. The monoisotopic (exact) mass is 292 g/mol. The summed E-state index contributed by atoms with van der Waals surface area (Å²) < 4.78 is 6.39. The third-order valence-electron chi connectivity index (χ3n) is 3.72. The second-order valence-corrected chi connectivity index (χ2v) is 6.63. The maximum atomic E-state index is 12.1. The van der Waals surface area contributed by atoms with Gasteiger partial charge in [0.2, 0.25) is 0 Å². The van der Waals surface area contributed by atoms with E-state index in [0.29, 0.717) is 18.8 Å². The van der Waals surface area contributed by atoms with Gasteiger partial charge in [-0.3, -0.25) is 0 Å². The Hall–Kier alpha value is -1.78. The highest BCUT2D eigenvalue weighted by molar-refractivity contribution is 5.68. The van der Waals surface area contributed by atoms with E-state index in [0.717, 1.165) is 23.3 Å². The summed E-state index contributed by atoms with van der Waals surface area (Å²) in [5.41, 5.74) is 1.05. The summed E-state index contributed by atoms with van der Waals surface area (Å²) in [6, 6.07) is 5.61. The Balaban J connectivity index is 1.97. The number of hydrogen-bond acceptors (Lipinski definition) is 3. The number of hydrogen-bond donors (Lipinski definition) is 0. The van der Waals surface area contributed by atoms with Crippen LogP contribution in [0.3, 0.4) is 0 Å². The highest BCUT2D eigenvalue weighted by Gasteiger charge is 2.30. The van der Waals surface area contributed by atoms with E-state index in [-0.39, 0.29) is 12.0 Å². The van der Waals surface area contributed by atoms with Crippen LogP contribution >= 0.6 is 0 Å². The van der Waals surface area contributed by atoms with Crippen LogP contribution in [0.5, 0.6) is 0 Å². The SMILES string of the molecule is Cc1cccc(C2CCN(C(=O)OC(C)(C)C)CC2)[n+]1[O-]. The van der Waals surface area contributed by atoms with E-state index >= 15 is 0 Å². The summed E-state index contributed by atoms with van der Waals surface area (Å²) in [5, 5.41) is 12.1. The quantitative estimate of drug-likeness (QED) is 0.591. The van der Waals surface area contributed by atoms with Crippen LogP contribution in [0.25, 0.3) is 0 Å². The minimum absolute atomic E-state index is 0.209. The molecule has 1 aromatic rings. The van der Waals surface area contributed by atoms with Crippen molar-refractivity contribution in [3.05, 3.63) is 34.8 Å². The van der Waals surface area contributed by atoms with Crippen molar-refractivity contribution in [2.75, 3.05) is 13.1 Å². The van der Waals surface area contributed by atoms with Crippen molar-refractivity contribution >= 4 is 6.09 Å². The Morgan fingerprint density at radius 1 is 1.33 bits per heavy atom. The number of nitrogens with zero attached hydrogens (tertiary/aromatic N) is 2.